The molecule has 0 radical (unpaired) electrons. The van der Waals surface area contributed by atoms with Gasteiger partial charge in [0.2, 0.25) is 11.8 Å². The zero-order chi connectivity index (χ0) is 18.7. The van der Waals surface area contributed by atoms with Crippen LogP contribution in [0.25, 0.3) is 0 Å². The predicted octanol–water partition coefficient (Wildman–Crippen LogP) is 3.61. The van der Waals surface area contributed by atoms with Gasteiger partial charge >= 0.3 is 0 Å². The van der Waals surface area contributed by atoms with Crippen LogP contribution in [0.2, 0.25) is 5.02 Å². The lowest BCUT2D eigenvalue weighted by Gasteiger charge is -2.35. The third kappa shape index (κ3) is 4.44. The van der Waals surface area contributed by atoms with Gasteiger partial charge < -0.3 is 5.32 Å². The molecule has 1 heterocycles. The summed E-state index contributed by atoms with van der Waals surface area (Å²) in [6.07, 6.45) is 4.30. The fourth-order valence-corrected chi connectivity index (χ4v) is 3.87. The standard InChI is InChI=1S/C20H26ClN3O2/c1-13-4-3-5-17(14(13)2)22-19(25)12-24-20(26)11-10-18(23-24)15-6-8-16(21)9-7-15/h6-9,13-14,17H,3-5,10-12H2,1-2H3,(H,22,25)/t13-,14+,17-/m1/s1. The molecule has 1 N–H and O–H groups in total. The van der Waals surface area contributed by atoms with Gasteiger partial charge in [0.1, 0.15) is 6.54 Å². The van der Waals surface area contributed by atoms with Crippen LogP contribution in [0.1, 0.15) is 51.5 Å². The Hall–Kier alpha value is -1.88. The van der Waals surface area contributed by atoms with E-state index in [1.54, 1.807) is 12.1 Å². The van der Waals surface area contributed by atoms with Crippen LogP contribution in [-0.2, 0) is 9.59 Å². The molecular formula is C20H26ClN3O2. The van der Waals surface area contributed by atoms with Gasteiger partial charge in [0, 0.05) is 23.9 Å². The second kappa shape index (κ2) is 8.21. The Morgan fingerprint density at radius 1 is 1.23 bits per heavy atom. The van der Waals surface area contributed by atoms with Crippen molar-refractivity contribution >= 4 is 29.1 Å². The number of hydrogen-bond donors (Lipinski definition) is 1. The Bertz CT molecular complexity index is 702. The average molecular weight is 376 g/mol. The van der Waals surface area contributed by atoms with Crippen molar-refractivity contribution in [2.45, 2.75) is 52.0 Å². The molecule has 26 heavy (non-hydrogen) atoms. The highest BCUT2D eigenvalue weighted by Gasteiger charge is 2.29. The number of rotatable bonds is 4. The molecule has 140 valence electrons. The number of halogens is 1. The number of amides is 2. The van der Waals surface area contributed by atoms with E-state index in [1.165, 1.54) is 11.4 Å². The summed E-state index contributed by atoms with van der Waals surface area (Å²) in [5, 5.41) is 9.50. The first-order chi connectivity index (χ1) is 12.4. The number of benzene rings is 1. The molecule has 2 amide bonds. The second-order valence-electron chi connectivity index (χ2n) is 7.45. The summed E-state index contributed by atoms with van der Waals surface area (Å²) >= 11 is 5.93. The van der Waals surface area contributed by atoms with Gasteiger partial charge in [-0.15, -0.1) is 0 Å². The van der Waals surface area contributed by atoms with Crippen molar-refractivity contribution in [3.8, 4) is 0 Å². The minimum Gasteiger partial charge on any atom is -0.351 e. The van der Waals surface area contributed by atoms with E-state index < -0.39 is 0 Å². The molecule has 1 aromatic rings. The van der Waals surface area contributed by atoms with E-state index in [2.05, 4.69) is 24.3 Å². The van der Waals surface area contributed by atoms with E-state index in [9.17, 15) is 9.59 Å². The monoisotopic (exact) mass is 375 g/mol. The Morgan fingerprint density at radius 2 is 1.96 bits per heavy atom. The van der Waals surface area contributed by atoms with E-state index in [4.69, 9.17) is 11.6 Å². The first-order valence-electron chi connectivity index (χ1n) is 9.37. The highest BCUT2D eigenvalue weighted by Crippen LogP contribution is 2.29. The van der Waals surface area contributed by atoms with Crippen LogP contribution >= 0.6 is 11.6 Å². The molecule has 3 atom stereocenters. The molecule has 1 saturated carbocycles. The van der Waals surface area contributed by atoms with Crippen LogP contribution in [-0.4, -0.2) is 35.1 Å². The van der Waals surface area contributed by atoms with Crippen LogP contribution in [0.4, 0.5) is 0 Å². The molecule has 1 fully saturated rings. The molecule has 0 spiro atoms. The van der Waals surface area contributed by atoms with Crippen LogP contribution < -0.4 is 5.32 Å². The summed E-state index contributed by atoms with van der Waals surface area (Å²) in [4.78, 5) is 24.7. The molecule has 5 nitrogen and oxygen atoms in total. The number of hydrazone groups is 1. The summed E-state index contributed by atoms with van der Waals surface area (Å²) < 4.78 is 0. The quantitative estimate of drug-likeness (QED) is 0.873. The minimum atomic E-state index is -0.134. The normalized spacial score (nSPS) is 26.4. The average Bonchev–Trinajstić information content (AvgIpc) is 2.62. The first kappa shape index (κ1) is 18.9. The zero-order valence-corrected chi connectivity index (χ0v) is 16.1. The first-order valence-corrected chi connectivity index (χ1v) is 9.75. The third-order valence-electron chi connectivity index (χ3n) is 5.63. The maximum atomic E-state index is 12.5. The number of carbonyl (C=O) groups is 2. The molecule has 1 aliphatic heterocycles. The van der Waals surface area contributed by atoms with Crippen LogP contribution in [0.15, 0.2) is 29.4 Å². The van der Waals surface area contributed by atoms with Crippen molar-refractivity contribution in [1.82, 2.24) is 10.3 Å². The lowest BCUT2D eigenvalue weighted by Crippen LogP contribution is -2.48. The maximum absolute atomic E-state index is 12.5. The van der Waals surface area contributed by atoms with Crippen molar-refractivity contribution in [2.75, 3.05) is 6.54 Å². The summed E-state index contributed by atoms with van der Waals surface area (Å²) in [7, 11) is 0. The zero-order valence-electron chi connectivity index (χ0n) is 15.4. The smallest absolute Gasteiger partial charge is 0.243 e. The maximum Gasteiger partial charge on any atom is 0.243 e. The van der Waals surface area contributed by atoms with E-state index in [-0.39, 0.29) is 24.4 Å². The third-order valence-corrected chi connectivity index (χ3v) is 5.88. The van der Waals surface area contributed by atoms with Gasteiger partial charge in [-0.2, -0.15) is 5.10 Å². The summed E-state index contributed by atoms with van der Waals surface area (Å²) in [6, 6.07) is 7.57. The van der Waals surface area contributed by atoms with Crippen molar-refractivity contribution in [1.29, 1.82) is 0 Å². The summed E-state index contributed by atoms with van der Waals surface area (Å²) in [6.45, 7) is 4.41. The number of nitrogens with one attached hydrogen (secondary N) is 1. The van der Waals surface area contributed by atoms with E-state index >= 15 is 0 Å². The van der Waals surface area contributed by atoms with Gasteiger partial charge in [0.25, 0.3) is 0 Å². The topological polar surface area (TPSA) is 61.8 Å². The molecule has 0 saturated heterocycles. The summed E-state index contributed by atoms with van der Waals surface area (Å²) in [5.74, 6) is 0.825. The molecule has 3 rings (SSSR count). The largest absolute Gasteiger partial charge is 0.351 e. The molecule has 0 bridgehead atoms. The number of hydrogen-bond acceptors (Lipinski definition) is 3. The van der Waals surface area contributed by atoms with Gasteiger partial charge in [-0.05, 0) is 36.0 Å². The van der Waals surface area contributed by atoms with Crippen molar-refractivity contribution in [3.63, 3.8) is 0 Å². The lowest BCUT2D eigenvalue weighted by molar-refractivity contribution is -0.137. The number of carbonyl (C=O) groups excluding carboxylic acids is 2. The van der Waals surface area contributed by atoms with E-state index in [0.717, 1.165) is 24.1 Å². The predicted molar refractivity (Wildman–Crippen MR) is 103 cm³/mol. The molecular weight excluding hydrogens is 350 g/mol. The molecule has 0 aromatic heterocycles. The second-order valence-corrected chi connectivity index (χ2v) is 7.88. The van der Waals surface area contributed by atoms with Crippen molar-refractivity contribution < 1.29 is 9.59 Å². The van der Waals surface area contributed by atoms with Gasteiger partial charge in [-0.25, -0.2) is 5.01 Å². The molecule has 1 aromatic carbocycles. The van der Waals surface area contributed by atoms with Gasteiger partial charge in [0.05, 0.1) is 5.71 Å². The molecule has 6 heteroatoms. The fourth-order valence-electron chi connectivity index (χ4n) is 3.75. The molecule has 2 aliphatic rings. The van der Waals surface area contributed by atoms with E-state index in [0.29, 0.717) is 29.7 Å². The van der Waals surface area contributed by atoms with Crippen LogP contribution in [0, 0.1) is 11.8 Å². The summed E-state index contributed by atoms with van der Waals surface area (Å²) in [5.41, 5.74) is 1.75. The van der Waals surface area contributed by atoms with Crippen molar-refractivity contribution in [3.05, 3.63) is 34.9 Å². The Kier molecular flexibility index (Phi) is 5.97. The Morgan fingerprint density at radius 3 is 2.69 bits per heavy atom. The number of nitrogens with zero attached hydrogens (tertiary/aromatic N) is 2. The minimum absolute atomic E-state index is 0.0203. The van der Waals surface area contributed by atoms with E-state index in [1.807, 2.05) is 12.1 Å². The lowest BCUT2D eigenvalue weighted by atomic mass is 9.78. The molecule has 0 unspecified atom stereocenters. The van der Waals surface area contributed by atoms with Crippen molar-refractivity contribution in [2.24, 2.45) is 16.9 Å². The van der Waals surface area contributed by atoms with Gasteiger partial charge in [0.15, 0.2) is 0 Å². The fraction of sp³-hybridized carbons (Fsp3) is 0.550. The van der Waals surface area contributed by atoms with Crippen LogP contribution in [0.3, 0.4) is 0 Å². The Balaban J connectivity index is 1.65. The molecule has 1 aliphatic carbocycles. The SMILES string of the molecule is C[C@H]1[C@H](C)CCC[C@H]1NC(=O)CN1N=C(c2ccc(Cl)cc2)CCC1=O. The van der Waals surface area contributed by atoms with Gasteiger partial charge in [-0.1, -0.05) is 50.4 Å². The van der Waals surface area contributed by atoms with Gasteiger partial charge in [-0.3, -0.25) is 9.59 Å². The Labute approximate surface area is 159 Å². The highest BCUT2D eigenvalue weighted by molar-refractivity contribution is 6.30. The van der Waals surface area contributed by atoms with Crippen LogP contribution in [0.5, 0.6) is 0 Å². The highest BCUT2D eigenvalue weighted by atomic mass is 35.5.